The monoisotopic (exact) mass is 928 g/mol. The highest BCUT2D eigenvalue weighted by Gasteiger charge is 2.27. The Hall–Kier alpha value is -5.56. The summed E-state index contributed by atoms with van der Waals surface area (Å²) in [6.07, 6.45) is 0.959. The van der Waals surface area contributed by atoms with Crippen molar-refractivity contribution in [1.82, 2.24) is 10.6 Å². The molecule has 4 aromatic carbocycles. The van der Waals surface area contributed by atoms with E-state index in [2.05, 4.69) is 10.6 Å². The van der Waals surface area contributed by atoms with E-state index in [4.69, 9.17) is 37.9 Å². The van der Waals surface area contributed by atoms with Crippen LogP contribution in [0.25, 0.3) is 0 Å². The lowest BCUT2D eigenvalue weighted by molar-refractivity contribution is -0.175. The van der Waals surface area contributed by atoms with Crippen molar-refractivity contribution in [2.75, 3.05) is 54.1 Å². The third kappa shape index (κ3) is 14.8. The number of carbonyl (C=O) groups excluding carboxylic acids is 2. The fourth-order valence-corrected chi connectivity index (χ4v) is 8.68. The Bertz CT molecular complexity index is 2210. The summed E-state index contributed by atoms with van der Waals surface area (Å²) < 4.78 is 96.7. The molecule has 2 unspecified atom stereocenters. The Morgan fingerprint density at radius 3 is 1.20 bits per heavy atom. The first-order chi connectivity index (χ1) is 30.5. The average Bonchev–Trinajstić information content (AvgIpc) is 3.27. The van der Waals surface area contributed by atoms with E-state index in [9.17, 15) is 26.4 Å². The zero-order valence-electron chi connectivity index (χ0n) is 37.6. The third-order valence-electron chi connectivity index (χ3n) is 9.77. The maximum absolute atomic E-state index is 13.4. The topological polar surface area (TPSA) is 200 Å². The summed E-state index contributed by atoms with van der Waals surface area (Å²) in [5.41, 5.74) is 1.43. The van der Waals surface area contributed by atoms with Gasteiger partial charge in [-0.2, -0.15) is 0 Å². The Morgan fingerprint density at radius 2 is 0.859 bits per heavy atom. The predicted molar refractivity (Wildman–Crippen MR) is 240 cm³/mol. The number of carbonyl (C=O) groups is 2. The normalized spacial score (nSPS) is 12.6. The molecule has 0 saturated heterocycles. The molecule has 4 rings (SSSR count). The van der Waals surface area contributed by atoms with Crippen molar-refractivity contribution in [3.05, 3.63) is 96.1 Å². The molecule has 0 heterocycles. The molecule has 0 radical (unpaired) electrons. The average molecular weight is 929 g/mol. The Kier molecular flexibility index (Phi) is 19.5. The Balaban J connectivity index is 1.28. The van der Waals surface area contributed by atoms with E-state index in [1.54, 1.807) is 26.4 Å². The first-order valence-electron chi connectivity index (χ1n) is 20.8. The largest absolute Gasteiger partial charge is 0.493 e. The molecule has 0 aliphatic carbocycles. The van der Waals surface area contributed by atoms with Crippen LogP contribution in [0.5, 0.6) is 34.5 Å². The molecule has 18 heteroatoms. The molecule has 0 aliphatic heterocycles. The molecule has 4 aromatic rings. The summed E-state index contributed by atoms with van der Waals surface area (Å²) in [7, 11) is -4.56. The number of hydrogen-bond donors (Lipinski definition) is 2. The van der Waals surface area contributed by atoms with Crippen LogP contribution in [0, 0.1) is 0 Å². The number of para-hydroxylation sites is 4. The number of hydrogen-bond acceptors (Lipinski definition) is 16. The van der Waals surface area contributed by atoms with Gasteiger partial charge in [-0.1, -0.05) is 36.4 Å². The highest BCUT2D eigenvalue weighted by Crippen LogP contribution is 2.31. The van der Waals surface area contributed by atoms with Crippen molar-refractivity contribution in [2.24, 2.45) is 0 Å². The summed E-state index contributed by atoms with van der Waals surface area (Å²) in [6.45, 7) is 10.3. The molecule has 0 saturated carbocycles. The maximum Gasteiger partial charge on any atom is 0.420 e. The van der Waals surface area contributed by atoms with Crippen LogP contribution in [0.4, 0.5) is 0 Å². The number of rotatable bonds is 26. The SMILES string of the molecule is COc1ccccc1OCCNC(C)Cc1ccc(OCOC(=O)C(=O)OCOc2ccc(CC(C)NCCOc3ccccc3OC)cc2S(=O)(=O)C(C)C)c(S(=O)(=O)C(C)C)c1. The molecule has 2 N–H and O–H groups in total. The Labute approximate surface area is 376 Å². The van der Waals surface area contributed by atoms with Gasteiger partial charge in [-0.25, -0.2) is 26.4 Å². The highest BCUT2D eigenvalue weighted by atomic mass is 32.2. The Morgan fingerprint density at radius 1 is 0.500 bits per heavy atom. The van der Waals surface area contributed by atoms with E-state index in [1.807, 2.05) is 62.4 Å². The molecule has 0 bridgehead atoms. The number of ether oxygens (including phenoxy) is 8. The van der Waals surface area contributed by atoms with Crippen molar-refractivity contribution in [1.29, 1.82) is 0 Å². The lowest BCUT2D eigenvalue weighted by Crippen LogP contribution is -2.32. The quantitative estimate of drug-likeness (QED) is 0.0335. The van der Waals surface area contributed by atoms with E-state index in [1.165, 1.54) is 52.0 Å². The van der Waals surface area contributed by atoms with Crippen LogP contribution < -0.4 is 39.1 Å². The van der Waals surface area contributed by atoms with Gasteiger partial charge in [-0.05, 0) is 114 Å². The second-order valence-electron chi connectivity index (χ2n) is 15.3. The number of nitrogens with one attached hydrogen (secondary N) is 2. The van der Waals surface area contributed by atoms with Gasteiger partial charge in [0.15, 0.2) is 42.7 Å². The molecule has 64 heavy (non-hydrogen) atoms. The number of methoxy groups -OCH3 is 2. The molecular weight excluding hydrogens is 869 g/mol. The van der Waals surface area contributed by atoms with E-state index < -0.39 is 55.7 Å². The highest BCUT2D eigenvalue weighted by molar-refractivity contribution is 7.92. The van der Waals surface area contributed by atoms with Crippen LogP contribution >= 0.6 is 0 Å². The van der Waals surface area contributed by atoms with Crippen molar-refractivity contribution in [2.45, 2.75) is 86.8 Å². The first kappa shape index (κ1) is 51.1. The second kappa shape index (κ2) is 24.5. The van der Waals surface area contributed by atoms with E-state index in [0.29, 0.717) is 73.3 Å². The van der Waals surface area contributed by atoms with Crippen LogP contribution in [0.2, 0.25) is 0 Å². The summed E-state index contributed by atoms with van der Waals surface area (Å²) in [5, 5.41) is 5.13. The molecule has 0 fully saturated rings. The van der Waals surface area contributed by atoms with Gasteiger partial charge >= 0.3 is 11.9 Å². The molecular formula is C46H60N2O14S2. The minimum Gasteiger partial charge on any atom is -0.493 e. The predicted octanol–water partition coefficient (Wildman–Crippen LogP) is 5.73. The lowest BCUT2D eigenvalue weighted by atomic mass is 10.1. The van der Waals surface area contributed by atoms with Crippen LogP contribution in [-0.2, 0) is 51.6 Å². The third-order valence-corrected chi connectivity index (χ3v) is 14.1. The van der Waals surface area contributed by atoms with Gasteiger partial charge in [0.05, 0.1) is 24.7 Å². The van der Waals surface area contributed by atoms with Gasteiger partial charge < -0.3 is 48.5 Å². The fourth-order valence-electron chi connectivity index (χ4n) is 6.22. The number of esters is 2. The van der Waals surface area contributed by atoms with Crippen LogP contribution in [-0.4, -0.2) is 105 Å². The lowest BCUT2D eigenvalue weighted by Gasteiger charge is -2.18. The van der Waals surface area contributed by atoms with Crippen molar-refractivity contribution >= 4 is 31.6 Å². The van der Waals surface area contributed by atoms with Gasteiger partial charge in [0.1, 0.15) is 34.5 Å². The molecule has 16 nitrogen and oxygen atoms in total. The van der Waals surface area contributed by atoms with E-state index in [-0.39, 0.29) is 33.4 Å². The smallest absolute Gasteiger partial charge is 0.420 e. The maximum atomic E-state index is 13.4. The van der Waals surface area contributed by atoms with E-state index >= 15 is 0 Å². The minimum atomic E-state index is -3.85. The minimum absolute atomic E-state index is 0.0520. The van der Waals surface area contributed by atoms with Gasteiger partial charge in [0, 0.05) is 25.2 Å². The zero-order chi connectivity index (χ0) is 46.9. The molecule has 0 aliphatic rings. The summed E-state index contributed by atoms with van der Waals surface area (Å²) >= 11 is 0. The van der Waals surface area contributed by atoms with Crippen molar-refractivity contribution in [3.8, 4) is 34.5 Å². The first-order valence-corrected chi connectivity index (χ1v) is 23.9. The molecule has 0 amide bonds. The van der Waals surface area contributed by atoms with E-state index in [0.717, 1.165) is 0 Å². The number of sulfone groups is 2. The summed E-state index contributed by atoms with van der Waals surface area (Å²) in [6, 6.07) is 23.9. The molecule has 2 atom stereocenters. The van der Waals surface area contributed by atoms with Gasteiger partial charge in [-0.3, -0.25) is 0 Å². The summed E-state index contributed by atoms with van der Waals surface area (Å²) in [5.74, 6) is -0.509. The number of benzene rings is 4. The molecule has 350 valence electrons. The van der Waals surface area contributed by atoms with Crippen LogP contribution in [0.15, 0.2) is 94.7 Å². The standard InChI is InChI=1S/C46H60N2O14S2/c1-31(2)63(51,52)43-27-35(25-33(5)47-21-23-57-39-15-11-9-13-37(39)55-7)17-19-41(43)59-29-61-45(49)46(50)62-30-60-42-20-18-36(28-44(42)64(53,54)32(3)4)26-34(6)48-22-24-58-40-16-12-10-14-38(40)56-8/h9-20,27-28,31-34,47-48H,21-26,29-30H2,1-8H3. The second-order valence-corrected chi connectivity index (χ2v) is 20.2. The van der Waals surface area contributed by atoms with Crippen LogP contribution in [0.3, 0.4) is 0 Å². The molecule has 0 aromatic heterocycles. The van der Waals surface area contributed by atoms with Crippen molar-refractivity contribution in [3.63, 3.8) is 0 Å². The molecule has 0 spiro atoms. The summed E-state index contributed by atoms with van der Waals surface area (Å²) in [4.78, 5) is 24.9. The van der Waals surface area contributed by atoms with Crippen LogP contribution in [0.1, 0.15) is 52.7 Å². The zero-order valence-corrected chi connectivity index (χ0v) is 39.2. The van der Waals surface area contributed by atoms with Gasteiger partial charge in [0.2, 0.25) is 13.6 Å². The van der Waals surface area contributed by atoms with Gasteiger partial charge in [0.25, 0.3) is 0 Å². The van der Waals surface area contributed by atoms with Crippen molar-refractivity contribution < 1.29 is 64.3 Å². The fraction of sp³-hybridized carbons (Fsp3) is 0.435. The van der Waals surface area contributed by atoms with Gasteiger partial charge in [-0.15, -0.1) is 0 Å².